The number of hydrogen-bond acceptors (Lipinski definition) is 0. The highest BCUT2D eigenvalue weighted by molar-refractivity contribution is 9.10. The van der Waals surface area contributed by atoms with Crippen LogP contribution in [0, 0.1) is 0 Å². The molecule has 1 aliphatic carbocycles. The van der Waals surface area contributed by atoms with Crippen molar-refractivity contribution in [2.75, 3.05) is 0 Å². The monoisotopic (exact) mass is 678 g/mol. The van der Waals surface area contributed by atoms with Crippen LogP contribution in [-0.4, -0.2) is 0 Å². The molecule has 0 radical (unpaired) electrons. The molecule has 42 heavy (non-hydrogen) atoms. The summed E-state index contributed by atoms with van der Waals surface area (Å²) in [4.78, 5) is 0. The van der Waals surface area contributed by atoms with E-state index in [1.165, 1.54) is 38.9 Å². The fourth-order valence-corrected chi connectivity index (χ4v) is 5.64. The number of hydrogen-bond donors (Lipinski definition) is 0. The van der Waals surface area contributed by atoms with Crippen molar-refractivity contribution in [3.8, 4) is 11.1 Å². The van der Waals surface area contributed by atoms with Gasteiger partial charge in [-0.3, -0.25) is 0 Å². The van der Waals surface area contributed by atoms with Gasteiger partial charge in [0.1, 0.15) is 0 Å². The zero-order valence-electron chi connectivity index (χ0n) is 23.3. The standard InChI is InChI=1S/C32H29Br.4F2.H3P/c1-5-22-10-12-23(13-11-22)21-32(25-16-14-24(15-17-25)31(2,3)4)29-9-7-6-8-27(29)28-19-18-26(33)20-30(28)32;4*1-2;/h5-20H,1,21H2,2-4H3;;;;;1H3. The van der Waals surface area contributed by atoms with Crippen molar-refractivity contribution in [2.45, 2.75) is 38.0 Å². The summed E-state index contributed by atoms with van der Waals surface area (Å²) >= 11 is 3.76. The van der Waals surface area contributed by atoms with Crippen molar-refractivity contribution in [3.05, 3.63) is 135 Å². The molecule has 1 aliphatic rings. The van der Waals surface area contributed by atoms with Crippen molar-refractivity contribution in [1.82, 2.24) is 0 Å². The molecule has 2 unspecified atom stereocenters. The molecule has 0 aliphatic heterocycles. The van der Waals surface area contributed by atoms with E-state index in [9.17, 15) is 0 Å². The molecule has 0 aromatic heterocycles. The third-order valence-corrected chi connectivity index (χ3v) is 7.54. The van der Waals surface area contributed by atoms with Crippen LogP contribution in [0.4, 0.5) is 36.6 Å². The Kier molecular flexibility index (Phi) is 17.2. The van der Waals surface area contributed by atoms with Gasteiger partial charge >= 0.3 is 0 Å². The van der Waals surface area contributed by atoms with Gasteiger partial charge in [-0.2, -0.15) is 9.90 Å². The van der Waals surface area contributed by atoms with Gasteiger partial charge in [-0.25, -0.2) is 0 Å². The molecule has 0 amide bonds. The highest BCUT2D eigenvalue weighted by Crippen LogP contribution is 2.54. The Morgan fingerprint density at radius 3 is 1.74 bits per heavy atom. The van der Waals surface area contributed by atoms with Crippen LogP contribution in [0.25, 0.3) is 17.2 Å². The van der Waals surface area contributed by atoms with E-state index in [0.29, 0.717) is 0 Å². The van der Waals surface area contributed by atoms with Gasteiger partial charge in [0, 0.05) is 41.1 Å². The van der Waals surface area contributed by atoms with E-state index in [0.717, 1.165) is 16.5 Å². The lowest BCUT2D eigenvalue weighted by molar-refractivity contribution is 0.108. The molecule has 0 spiro atoms. The first-order valence-electron chi connectivity index (χ1n) is 12.1. The zero-order valence-corrected chi connectivity index (χ0v) is 26.3. The second-order valence-electron chi connectivity index (χ2n) is 10.1. The summed E-state index contributed by atoms with van der Waals surface area (Å²) in [5.74, 6) is 0. The fourth-order valence-electron chi connectivity index (χ4n) is 5.28. The Morgan fingerprint density at radius 1 is 0.690 bits per heavy atom. The fraction of sp³-hybridized carbons (Fsp3) is 0.188. The number of halogens is 9. The summed E-state index contributed by atoms with van der Waals surface area (Å²) < 4.78 is 65.1. The maximum absolute atomic E-state index is 8.00. The summed E-state index contributed by atoms with van der Waals surface area (Å²) in [6, 6.07) is 33.9. The first-order valence-corrected chi connectivity index (χ1v) is 12.9. The molecule has 4 aromatic rings. The summed E-state index contributed by atoms with van der Waals surface area (Å²) in [6.07, 6.45) is 2.81. The molecule has 0 saturated carbocycles. The number of rotatable bonds is 4. The summed E-state index contributed by atoms with van der Waals surface area (Å²) in [5.41, 5.74) is 10.5. The van der Waals surface area contributed by atoms with Crippen LogP contribution in [0.1, 0.15) is 54.2 Å². The third kappa shape index (κ3) is 8.29. The van der Waals surface area contributed by atoms with Gasteiger partial charge in [0.05, 0.1) is 5.41 Å². The average molecular weight is 679 g/mol. The Balaban J connectivity index is 0.00000173. The van der Waals surface area contributed by atoms with E-state index in [1.54, 1.807) is 0 Å². The van der Waals surface area contributed by atoms with Gasteiger partial charge in [-0.05, 0) is 68.5 Å². The Labute approximate surface area is 252 Å². The number of fused-ring (bicyclic) bond motifs is 3. The third-order valence-electron chi connectivity index (χ3n) is 7.05. The van der Waals surface area contributed by atoms with Crippen molar-refractivity contribution >= 4 is 31.9 Å². The van der Waals surface area contributed by atoms with E-state index in [4.69, 9.17) is 36.6 Å². The normalized spacial score (nSPS) is 13.8. The van der Waals surface area contributed by atoms with Crippen molar-refractivity contribution in [3.63, 3.8) is 0 Å². The minimum absolute atomic E-state index is 0. The van der Waals surface area contributed by atoms with E-state index in [2.05, 4.69) is 134 Å². The lowest BCUT2D eigenvalue weighted by atomic mass is 9.68. The summed E-state index contributed by atoms with van der Waals surface area (Å²) in [6.45, 7) is 10.7. The predicted octanol–water partition coefficient (Wildman–Crippen LogP) is 12.4. The van der Waals surface area contributed by atoms with Crippen LogP contribution in [0.15, 0.2) is 102 Å². The maximum Gasteiger partial charge on any atom is 0.0504 e. The second-order valence-corrected chi connectivity index (χ2v) is 11.0. The van der Waals surface area contributed by atoms with E-state index >= 15 is 0 Å². The molecule has 10 heteroatoms. The SMILES string of the molecule is C=Cc1ccc(CC2(c3ccc(C(C)(C)C)cc3)c3ccccc3-c3ccc(Br)cc32)cc1.FF.FF.FF.FF.P. The van der Waals surface area contributed by atoms with Crippen LogP contribution in [-0.2, 0) is 17.3 Å². The quantitative estimate of drug-likeness (QED) is 0.149. The highest BCUT2D eigenvalue weighted by atomic mass is 79.9. The average Bonchev–Trinajstić information content (AvgIpc) is 3.30. The predicted molar refractivity (Wildman–Crippen MR) is 165 cm³/mol. The first-order chi connectivity index (χ1) is 19.8. The number of benzene rings is 4. The van der Waals surface area contributed by atoms with Gasteiger partial charge in [-0.1, -0.05) is 128 Å². The molecule has 5 rings (SSSR count). The first kappa shape index (κ1) is 39.0. The van der Waals surface area contributed by atoms with E-state index in [1.807, 2.05) is 6.08 Å². The topological polar surface area (TPSA) is 0 Å². The largest absolute Gasteiger partial charge is 0.153 e. The molecule has 0 nitrogen and oxygen atoms in total. The van der Waals surface area contributed by atoms with Crippen molar-refractivity contribution in [1.29, 1.82) is 0 Å². The molecule has 2 atom stereocenters. The molecule has 0 heterocycles. The highest BCUT2D eigenvalue weighted by Gasteiger charge is 2.44. The van der Waals surface area contributed by atoms with Gasteiger partial charge in [0.25, 0.3) is 0 Å². The van der Waals surface area contributed by atoms with Crippen LogP contribution in [0.5, 0.6) is 0 Å². The van der Waals surface area contributed by atoms with Crippen LogP contribution < -0.4 is 0 Å². The lowest BCUT2D eigenvalue weighted by Gasteiger charge is -2.34. The smallest absolute Gasteiger partial charge is 0.0504 e. The molecule has 0 N–H and O–H groups in total. The Hall–Kier alpha value is -3.03. The minimum Gasteiger partial charge on any atom is -0.153 e. The second kappa shape index (κ2) is 18.5. The van der Waals surface area contributed by atoms with Gasteiger partial charge in [0.2, 0.25) is 0 Å². The molecular formula is C32H32BrF8P. The Bertz CT molecular complexity index is 1360. The van der Waals surface area contributed by atoms with Gasteiger partial charge < -0.3 is 0 Å². The minimum atomic E-state index is -0.248. The Morgan fingerprint density at radius 2 is 1.21 bits per heavy atom. The summed E-state index contributed by atoms with van der Waals surface area (Å²) in [5, 5.41) is 0. The van der Waals surface area contributed by atoms with Gasteiger partial charge in [0.15, 0.2) is 0 Å². The molecule has 0 fully saturated rings. The molecular weight excluding hydrogens is 647 g/mol. The van der Waals surface area contributed by atoms with Crippen molar-refractivity contribution < 1.29 is 36.6 Å². The summed E-state index contributed by atoms with van der Waals surface area (Å²) in [7, 11) is 0. The molecule has 4 aromatic carbocycles. The molecule has 0 saturated heterocycles. The zero-order chi connectivity index (χ0) is 31.2. The molecule has 228 valence electrons. The van der Waals surface area contributed by atoms with Crippen molar-refractivity contribution in [2.24, 2.45) is 0 Å². The lowest BCUT2D eigenvalue weighted by Crippen LogP contribution is -2.30. The van der Waals surface area contributed by atoms with Gasteiger partial charge in [-0.15, -0.1) is 0 Å². The van der Waals surface area contributed by atoms with E-state index < -0.39 is 0 Å². The van der Waals surface area contributed by atoms with Crippen LogP contribution in [0.3, 0.4) is 0 Å². The van der Waals surface area contributed by atoms with Crippen LogP contribution in [0.2, 0.25) is 0 Å². The maximum atomic E-state index is 8.00. The molecule has 0 bridgehead atoms. The van der Waals surface area contributed by atoms with E-state index in [-0.39, 0.29) is 20.7 Å². The van der Waals surface area contributed by atoms with Crippen LogP contribution >= 0.6 is 25.8 Å².